The summed E-state index contributed by atoms with van der Waals surface area (Å²) in [5.41, 5.74) is 7.65. The molecule has 0 radical (unpaired) electrons. The molecule has 2 aromatic carbocycles. The Bertz CT molecular complexity index is 529. The molecule has 0 bridgehead atoms. The second kappa shape index (κ2) is 5.67. The van der Waals surface area contributed by atoms with Crippen molar-refractivity contribution in [3.05, 3.63) is 58.1 Å². The fourth-order valence-corrected chi connectivity index (χ4v) is 2.63. The monoisotopic (exact) mass is 283 g/mol. The maximum atomic E-state index is 5.96. The molecule has 0 aliphatic carbocycles. The first-order valence-electron chi connectivity index (χ1n) is 5.07. The quantitative estimate of drug-likeness (QED) is 0.643. The van der Waals surface area contributed by atoms with E-state index < -0.39 is 0 Å². The Balaban J connectivity index is 2.05. The predicted octanol–water partition coefficient (Wildman–Crippen LogP) is 4.87. The SMILES string of the molecule is Nc1cccc(SCc2ccc(Cl)c(Cl)c2)c1. The van der Waals surface area contributed by atoms with E-state index in [0.717, 1.165) is 21.9 Å². The molecule has 1 nitrogen and oxygen atoms in total. The van der Waals surface area contributed by atoms with E-state index in [0.29, 0.717) is 10.0 Å². The summed E-state index contributed by atoms with van der Waals surface area (Å²) in [6.07, 6.45) is 0. The molecular formula is C13H11Cl2NS. The topological polar surface area (TPSA) is 26.0 Å². The van der Waals surface area contributed by atoms with Gasteiger partial charge in [0.05, 0.1) is 10.0 Å². The highest BCUT2D eigenvalue weighted by atomic mass is 35.5. The van der Waals surface area contributed by atoms with Crippen LogP contribution in [-0.4, -0.2) is 0 Å². The summed E-state index contributed by atoms with van der Waals surface area (Å²) in [6, 6.07) is 13.5. The van der Waals surface area contributed by atoms with Crippen LogP contribution in [-0.2, 0) is 5.75 Å². The molecule has 2 N–H and O–H groups in total. The Morgan fingerprint density at radius 2 is 1.82 bits per heavy atom. The van der Waals surface area contributed by atoms with E-state index in [1.54, 1.807) is 11.8 Å². The highest BCUT2D eigenvalue weighted by Gasteiger charge is 2.01. The lowest BCUT2D eigenvalue weighted by molar-refractivity contribution is 1.38. The van der Waals surface area contributed by atoms with E-state index >= 15 is 0 Å². The molecule has 0 spiro atoms. The van der Waals surface area contributed by atoms with Crippen LogP contribution in [0.15, 0.2) is 47.4 Å². The molecule has 0 aliphatic heterocycles. The minimum atomic E-state index is 0.587. The minimum absolute atomic E-state index is 0.587. The van der Waals surface area contributed by atoms with Crippen molar-refractivity contribution >= 4 is 40.7 Å². The van der Waals surface area contributed by atoms with E-state index in [4.69, 9.17) is 28.9 Å². The van der Waals surface area contributed by atoms with Crippen molar-refractivity contribution in [3.63, 3.8) is 0 Å². The minimum Gasteiger partial charge on any atom is -0.399 e. The van der Waals surface area contributed by atoms with Gasteiger partial charge in [0.2, 0.25) is 0 Å². The van der Waals surface area contributed by atoms with Gasteiger partial charge in [-0.2, -0.15) is 0 Å². The Labute approximate surface area is 115 Å². The number of halogens is 2. The fraction of sp³-hybridized carbons (Fsp3) is 0.0769. The second-order valence-electron chi connectivity index (χ2n) is 3.61. The van der Waals surface area contributed by atoms with Crippen LogP contribution in [0.5, 0.6) is 0 Å². The number of thioether (sulfide) groups is 1. The zero-order chi connectivity index (χ0) is 12.3. The zero-order valence-electron chi connectivity index (χ0n) is 8.99. The summed E-state index contributed by atoms with van der Waals surface area (Å²) >= 11 is 13.5. The van der Waals surface area contributed by atoms with E-state index in [9.17, 15) is 0 Å². The van der Waals surface area contributed by atoms with Crippen LogP contribution < -0.4 is 5.73 Å². The molecule has 2 aromatic rings. The average molecular weight is 284 g/mol. The first-order valence-corrected chi connectivity index (χ1v) is 6.81. The van der Waals surface area contributed by atoms with Crippen molar-refractivity contribution in [1.29, 1.82) is 0 Å². The maximum Gasteiger partial charge on any atom is 0.0595 e. The highest BCUT2D eigenvalue weighted by molar-refractivity contribution is 7.98. The van der Waals surface area contributed by atoms with Gasteiger partial charge in [0.1, 0.15) is 0 Å². The molecule has 0 heterocycles. The molecule has 0 amide bonds. The largest absolute Gasteiger partial charge is 0.399 e. The van der Waals surface area contributed by atoms with Crippen molar-refractivity contribution in [2.45, 2.75) is 10.6 Å². The molecule has 0 aromatic heterocycles. The third-order valence-electron chi connectivity index (χ3n) is 2.25. The smallest absolute Gasteiger partial charge is 0.0595 e. The van der Waals surface area contributed by atoms with Crippen molar-refractivity contribution < 1.29 is 0 Å². The molecule has 4 heteroatoms. The summed E-state index contributed by atoms with van der Waals surface area (Å²) in [4.78, 5) is 1.15. The Morgan fingerprint density at radius 1 is 1.00 bits per heavy atom. The first-order chi connectivity index (χ1) is 8.15. The van der Waals surface area contributed by atoms with Crippen molar-refractivity contribution in [1.82, 2.24) is 0 Å². The average Bonchev–Trinajstić information content (AvgIpc) is 2.31. The van der Waals surface area contributed by atoms with Crippen molar-refractivity contribution in [2.24, 2.45) is 0 Å². The third kappa shape index (κ3) is 3.56. The third-order valence-corrected chi connectivity index (χ3v) is 4.05. The highest BCUT2D eigenvalue weighted by Crippen LogP contribution is 2.28. The molecule has 88 valence electrons. The normalized spacial score (nSPS) is 10.5. The Morgan fingerprint density at radius 3 is 2.53 bits per heavy atom. The van der Waals surface area contributed by atoms with Gasteiger partial charge < -0.3 is 5.73 Å². The van der Waals surface area contributed by atoms with E-state index in [2.05, 4.69) is 0 Å². The summed E-state index contributed by atoms with van der Waals surface area (Å²) in [5, 5.41) is 1.18. The van der Waals surface area contributed by atoms with Gasteiger partial charge in [0.25, 0.3) is 0 Å². The summed E-state index contributed by atoms with van der Waals surface area (Å²) in [5.74, 6) is 0.848. The fourth-order valence-electron chi connectivity index (χ4n) is 1.40. The van der Waals surface area contributed by atoms with Crippen LogP contribution in [0.2, 0.25) is 10.0 Å². The van der Waals surface area contributed by atoms with Crippen LogP contribution in [0.1, 0.15) is 5.56 Å². The molecule has 0 aliphatic rings. The van der Waals surface area contributed by atoms with Gasteiger partial charge in [0, 0.05) is 16.3 Å². The summed E-state index contributed by atoms with van der Waals surface area (Å²) < 4.78 is 0. The zero-order valence-corrected chi connectivity index (χ0v) is 11.3. The maximum absolute atomic E-state index is 5.96. The molecule has 0 saturated heterocycles. The number of nitrogens with two attached hydrogens (primary N) is 1. The Kier molecular flexibility index (Phi) is 4.21. The number of benzene rings is 2. The van der Waals surface area contributed by atoms with E-state index in [1.165, 1.54) is 0 Å². The summed E-state index contributed by atoms with van der Waals surface area (Å²) in [6.45, 7) is 0. The molecule has 0 saturated carbocycles. The molecule has 0 atom stereocenters. The summed E-state index contributed by atoms with van der Waals surface area (Å²) in [7, 11) is 0. The van der Waals surface area contributed by atoms with Gasteiger partial charge in [-0.25, -0.2) is 0 Å². The van der Waals surface area contributed by atoms with E-state index in [1.807, 2.05) is 42.5 Å². The van der Waals surface area contributed by atoms with Crippen LogP contribution in [0.3, 0.4) is 0 Å². The molecule has 2 rings (SSSR count). The molecule has 0 fully saturated rings. The molecule has 17 heavy (non-hydrogen) atoms. The van der Waals surface area contributed by atoms with Gasteiger partial charge in [0.15, 0.2) is 0 Å². The van der Waals surface area contributed by atoms with Gasteiger partial charge in [-0.05, 0) is 35.9 Å². The lowest BCUT2D eigenvalue weighted by Crippen LogP contribution is -1.85. The molecule has 0 unspecified atom stereocenters. The second-order valence-corrected chi connectivity index (χ2v) is 5.47. The van der Waals surface area contributed by atoms with Crippen LogP contribution in [0.25, 0.3) is 0 Å². The van der Waals surface area contributed by atoms with Gasteiger partial charge in [-0.3, -0.25) is 0 Å². The number of rotatable bonds is 3. The number of hydrogen-bond acceptors (Lipinski definition) is 2. The van der Waals surface area contributed by atoms with Gasteiger partial charge in [-0.1, -0.05) is 35.3 Å². The van der Waals surface area contributed by atoms with Crippen molar-refractivity contribution in [3.8, 4) is 0 Å². The van der Waals surface area contributed by atoms with Crippen LogP contribution in [0.4, 0.5) is 5.69 Å². The van der Waals surface area contributed by atoms with Crippen LogP contribution in [0, 0.1) is 0 Å². The lowest BCUT2D eigenvalue weighted by atomic mass is 10.2. The standard InChI is InChI=1S/C13H11Cl2NS/c14-12-5-4-9(6-13(12)15)8-17-11-3-1-2-10(16)7-11/h1-7H,8,16H2. The van der Waals surface area contributed by atoms with Gasteiger partial charge >= 0.3 is 0 Å². The number of nitrogen functional groups attached to an aromatic ring is 1. The Hall–Kier alpha value is -0.830. The number of hydrogen-bond donors (Lipinski definition) is 1. The predicted molar refractivity (Wildman–Crippen MR) is 76.9 cm³/mol. The van der Waals surface area contributed by atoms with Crippen molar-refractivity contribution in [2.75, 3.05) is 5.73 Å². The first kappa shape index (κ1) is 12.6. The van der Waals surface area contributed by atoms with E-state index in [-0.39, 0.29) is 0 Å². The van der Waals surface area contributed by atoms with Gasteiger partial charge in [-0.15, -0.1) is 11.8 Å². The number of anilines is 1. The van der Waals surface area contributed by atoms with Crippen LogP contribution >= 0.6 is 35.0 Å². The lowest BCUT2D eigenvalue weighted by Gasteiger charge is -2.04. The molecular weight excluding hydrogens is 273 g/mol.